The molecule has 2 saturated heterocycles. The molecule has 0 bridgehead atoms. The maximum atomic E-state index is 6.35. The molecule has 4 nitrogen and oxygen atoms in total. The maximum absolute atomic E-state index is 6.35. The maximum Gasteiger partial charge on any atom is 0.0790 e. The third-order valence-corrected chi connectivity index (χ3v) is 5.28. The molecule has 0 aliphatic carbocycles. The Kier molecular flexibility index (Phi) is 4.51. The normalized spacial score (nSPS) is 38.2. The van der Waals surface area contributed by atoms with Crippen LogP contribution in [0.25, 0.3) is 0 Å². The first-order valence-electron chi connectivity index (χ1n) is 7.97. The zero-order chi connectivity index (χ0) is 15.1. The van der Waals surface area contributed by atoms with Gasteiger partial charge < -0.3 is 15.0 Å². The second-order valence-electron chi connectivity index (χ2n) is 7.79. The number of nitrogens with one attached hydrogen (secondary N) is 1. The van der Waals surface area contributed by atoms with E-state index in [0.29, 0.717) is 18.0 Å². The number of hydrogen-bond acceptors (Lipinski definition) is 4. The van der Waals surface area contributed by atoms with Crippen LogP contribution in [0.2, 0.25) is 0 Å². The summed E-state index contributed by atoms with van der Waals surface area (Å²) < 4.78 is 6.35. The number of rotatable bonds is 3. The second-order valence-corrected chi connectivity index (χ2v) is 7.79. The Morgan fingerprint density at radius 2 is 1.80 bits per heavy atom. The van der Waals surface area contributed by atoms with Crippen molar-refractivity contribution in [3.8, 4) is 0 Å². The minimum atomic E-state index is -0.0985. The van der Waals surface area contributed by atoms with Gasteiger partial charge in [0.2, 0.25) is 0 Å². The van der Waals surface area contributed by atoms with Crippen molar-refractivity contribution in [3.05, 3.63) is 0 Å². The molecule has 4 heteroatoms. The van der Waals surface area contributed by atoms with Gasteiger partial charge in [0.1, 0.15) is 0 Å². The summed E-state index contributed by atoms with van der Waals surface area (Å²) in [5, 5.41) is 3.51. The highest BCUT2D eigenvalue weighted by molar-refractivity contribution is 5.06. The van der Waals surface area contributed by atoms with E-state index in [2.05, 4.69) is 63.8 Å². The van der Waals surface area contributed by atoms with Gasteiger partial charge in [-0.1, -0.05) is 0 Å². The van der Waals surface area contributed by atoms with Crippen LogP contribution in [0.5, 0.6) is 0 Å². The minimum absolute atomic E-state index is 0.0692. The summed E-state index contributed by atoms with van der Waals surface area (Å²) in [7, 11) is 4.29. The van der Waals surface area contributed by atoms with Gasteiger partial charge in [-0.25, -0.2) is 0 Å². The molecule has 3 atom stereocenters. The van der Waals surface area contributed by atoms with E-state index in [9.17, 15) is 0 Å². The summed E-state index contributed by atoms with van der Waals surface area (Å²) in [5.74, 6) is 0.522. The molecule has 2 aliphatic heterocycles. The molecular formula is C16H33N3O. The Labute approximate surface area is 124 Å². The Bertz CT molecular complexity index is 343. The van der Waals surface area contributed by atoms with Crippen LogP contribution in [0.4, 0.5) is 0 Å². The Balaban J connectivity index is 2.10. The topological polar surface area (TPSA) is 27.7 Å². The van der Waals surface area contributed by atoms with Crippen LogP contribution >= 0.6 is 0 Å². The van der Waals surface area contributed by atoms with Crippen molar-refractivity contribution >= 4 is 0 Å². The lowest BCUT2D eigenvalue weighted by Gasteiger charge is -2.42. The lowest BCUT2D eigenvalue weighted by molar-refractivity contribution is -0.0808. The van der Waals surface area contributed by atoms with Crippen molar-refractivity contribution in [3.63, 3.8) is 0 Å². The smallest absolute Gasteiger partial charge is 0.0790 e. The fraction of sp³-hybridized carbons (Fsp3) is 1.00. The first-order chi connectivity index (χ1) is 9.17. The van der Waals surface area contributed by atoms with Crippen molar-refractivity contribution < 1.29 is 4.74 Å². The van der Waals surface area contributed by atoms with Gasteiger partial charge >= 0.3 is 0 Å². The fourth-order valence-corrected chi connectivity index (χ4v) is 4.28. The van der Waals surface area contributed by atoms with Gasteiger partial charge in [0.15, 0.2) is 0 Å². The van der Waals surface area contributed by atoms with E-state index in [1.165, 1.54) is 19.6 Å². The average molecular weight is 283 g/mol. The largest absolute Gasteiger partial charge is 0.368 e. The highest BCUT2D eigenvalue weighted by Crippen LogP contribution is 2.42. The van der Waals surface area contributed by atoms with E-state index < -0.39 is 0 Å². The quantitative estimate of drug-likeness (QED) is 0.848. The van der Waals surface area contributed by atoms with Crippen molar-refractivity contribution in [2.45, 2.75) is 57.9 Å². The van der Waals surface area contributed by atoms with Crippen LogP contribution in [0.1, 0.15) is 34.6 Å². The third kappa shape index (κ3) is 3.03. The van der Waals surface area contributed by atoms with Gasteiger partial charge in [0, 0.05) is 44.2 Å². The Hall–Kier alpha value is -0.160. The van der Waals surface area contributed by atoms with E-state index >= 15 is 0 Å². The molecule has 0 saturated carbocycles. The molecule has 2 rings (SSSR count). The summed E-state index contributed by atoms with van der Waals surface area (Å²) >= 11 is 0. The Morgan fingerprint density at radius 3 is 2.35 bits per heavy atom. The van der Waals surface area contributed by atoms with E-state index in [4.69, 9.17) is 4.74 Å². The second kappa shape index (κ2) is 5.56. The number of likely N-dealkylation sites (N-methyl/N-ethyl adjacent to an activating group) is 2. The first kappa shape index (κ1) is 16.2. The summed E-state index contributed by atoms with van der Waals surface area (Å²) in [4.78, 5) is 5.07. The predicted octanol–water partition coefficient (Wildman–Crippen LogP) is 1.41. The molecule has 2 aliphatic rings. The predicted molar refractivity (Wildman–Crippen MR) is 84.1 cm³/mol. The highest BCUT2D eigenvalue weighted by atomic mass is 16.5. The van der Waals surface area contributed by atoms with Gasteiger partial charge in [-0.15, -0.1) is 0 Å². The lowest BCUT2D eigenvalue weighted by atomic mass is 9.82. The van der Waals surface area contributed by atoms with Gasteiger partial charge in [-0.2, -0.15) is 0 Å². The summed E-state index contributed by atoms with van der Waals surface area (Å²) in [6.45, 7) is 15.9. The lowest BCUT2D eigenvalue weighted by Crippen LogP contribution is -2.56. The van der Waals surface area contributed by atoms with E-state index in [0.717, 1.165) is 6.54 Å². The first-order valence-corrected chi connectivity index (χ1v) is 7.97. The third-order valence-electron chi connectivity index (χ3n) is 5.28. The molecule has 2 fully saturated rings. The van der Waals surface area contributed by atoms with E-state index in [-0.39, 0.29) is 11.2 Å². The van der Waals surface area contributed by atoms with Crippen molar-refractivity contribution in [1.82, 2.24) is 15.1 Å². The monoisotopic (exact) mass is 283 g/mol. The van der Waals surface area contributed by atoms with Crippen LogP contribution < -0.4 is 5.32 Å². The molecule has 0 amide bonds. The molecule has 0 aromatic heterocycles. The summed E-state index contributed by atoms with van der Waals surface area (Å²) in [5.41, 5.74) is -0.168. The SMILES string of the molecule is CNC1C(CN2CCN(C)CC2C)C(C)(C)OC1(C)C. The Morgan fingerprint density at radius 1 is 1.15 bits per heavy atom. The van der Waals surface area contributed by atoms with Gasteiger partial charge in [-0.05, 0) is 48.7 Å². The van der Waals surface area contributed by atoms with Crippen LogP contribution in [0.15, 0.2) is 0 Å². The van der Waals surface area contributed by atoms with E-state index in [1.807, 2.05) is 0 Å². The van der Waals surface area contributed by atoms with Crippen LogP contribution in [0, 0.1) is 5.92 Å². The summed E-state index contributed by atoms with van der Waals surface area (Å²) in [6.07, 6.45) is 0. The molecule has 0 aromatic carbocycles. The van der Waals surface area contributed by atoms with Crippen molar-refractivity contribution in [2.75, 3.05) is 40.3 Å². The zero-order valence-electron chi connectivity index (χ0n) is 14.4. The highest BCUT2D eigenvalue weighted by Gasteiger charge is 2.53. The minimum Gasteiger partial charge on any atom is -0.368 e. The van der Waals surface area contributed by atoms with Crippen molar-refractivity contribution in [2.24, 2.45) is 5.92 Å². The molecule has 1 N–H and O–H groups in total. The molecule has 0 radical (unpaired) electrons. The molecule has 0 aromatic rings. The zero-order valence-corrected chi connectivity index (χ0v) is 14.4. The van der Waals surface area contributed by atoms with Gasteiger partial charge in [0.05, 0.1) is 11.2 Å². The molecule has 2 heterocycles. The molecule has 118 valence electrons. The molecular weight excluding hydrogens is 250 g/mol. The van der Waals surface area contributed by atoms with Gasteiger partial charge in [-0.3, -0.25) is 4.90 Å². The standard InChI is InChI=1S/C16H33N3O/c1-12-10-18(7)8-9-19(12)11-13-14(17-6)16(4,5)20-15(13,2)3/h12-14,17H,8-11H2,1-7H3. The van der Waals surface area contributed by atoms with Gasteiger partial charge in [0.25, 0.3) is 0 Å². The number of ether oxygens (including phenoxy) is 1. The summed E-state index contributed by atoms with van der Waals surface area (Å²) in [6, 6.07) is 1.04. The molecule has 3 unspecified atom stereocenters. The van der Waals surface area contributed by atoms with Crippen LogP contribution in [0.3, 0.4) is 0 Å². The fourth-order valence-electron chi connectivity index (χ4n) is 4.28. The van der Waals surface area contributed by atoms with Crippen LogP contribution in [-0.2, 0) is 4.74 Å². The molecule has 0 spiro atoms. The molecule has 20 heavy (non-hydrogen) atoms. The van der Waals surface area contributed by atoms with Crippen molar-refractivity contribution in [1.29, 1.82) is 0 Å². The van der Waals surface area contributed by atoms with Crippen LogP contribution in [-0.4, -0.2) is 73.4 Å². The number of nitrogens with zero attached hydrogens (tertiary/aromatic N) is 2. The van der Waals surface area contributed by atoms with E-state index in [1.54, 1.807) is 0 Å². The number of piperazine rings is 1. The average Bonchev–Trinajstić information content (AvgIpc) is 2.47. The number of hydrogen-bond donors (Lipinski definition) is 1.